The number of aromatic nitrogens is 1. The number of aryl methyl sites for hydroxylation is 1. The van der Waals surface area contributed by atoms with Gasteiger partial charge in [-0.15, -0.1) is 11.3 Å². The Morgan fingerprint density at radius 1 is 1.29 bits per heavy atom. The molecule has 1 aromatic heterocycles. The Hall–Kier alpha value is -0.410. The molecule has 17 heavy (non-hydrogen) atoms. The largest absolute Gasteiger partial charge is 0.311 e. The molecule has 2 nitrogen and oxygen atoms in total. The summed E-state index contributed by atoms with van der Waals surface area (Å²) in [5, 5.41) is 4.83. The summed E-state index contributed by atoms with van der Waals surface area (Å²) >= 11 is 1.83. The number of hydrogen-bond acceptors (Lipinski definition) is 3. The van der Waals surface area contributed by atoms with Gasteiger partial charge in [0.15, 0.2) is 0 Å². The van der Waals surface area contributed by atoms with Gasteiger partial charge in [0.2, 0.25) is 0 Å². The molecule has 0 spiro atoms. The van der Waals surface area contributed by atoms with E-state index in [0.29, 0.717) is 10.8 Å². The Balaban J connectivity index is 1.78. The van der Waals surface area contributed by atoms with Crippen LogP contribution >= 0.6 is 11.3 Å². The van der Waals surface area contributed by atoms with E-state index in [1.54, 1.807) is 0 Å². The maximum Gasteiger partial charge on any atom is 0.0925 e. The van der Waals surface area contributed by atoms with Crippen LogP contribution in [0.15, 0.2) is 6.20 Å². The van der Waals surface area contributed by atoms with Crippen molar-refractivity contribution < 1.29 is 0 Å². The van der Waals surface area contributed by atoms with E-state index in [1.165, 1.54) is 9.88 Å². The van der Waals surface area contributed by atoms with E-state index in [1.807, 2.05) is 17.5 Å². The first kappa shape index (κ1) is 13.0. The van der Waals surface area contributed by atoms with Crippen LogP contribution in [0, 0.1) is 16.7 Å². The fraction of sp³-hybridized carbons (Fsp3) is 0.786. The molecule has 0 unspecified atom stereocenters. The first-order chi connectivity index (χ1) is 7.89. The lowest BCUT2D eigenvalue weighted by molar-refractivity contribution is 0.457. The monoisotopic (exact) mass is 252 g/mol. The van der Waals surface area contributed by atoms with Crippen LogP contribution < -0.4 is 5.32 Å². The predicted molar refractivity (Wildman–Crippen MR) is 74.3 cm³/mol. The molecule has 2 rings (SSSR count). The molecular weight excluding hydrogens is 228 g/mol. The summed E-state index contributed by atoms with van der Waals surface area (Å²) in [6.45, 7) is 13.8. The predicted octanol–water partition coefficient (Wildman–Crippen LogP) is 3.48. The van der Waals surface area contributed by atoms with Crippen molar-refractivity contribution in [2.75, 3.05) is 6.54 Å². The van der Waals surface area contributed by atoms with Gasteiger partial charge in [0.05, 0.1) is 5.01 Å². The van der Waals surface area contributed by atoms with E-state index in [9.17, 15) is 0 Å². The van der Waals surface area contributed by atoms with Crippen LogP contribution in [0.25, 0.3) is 0 Å². The van der Waals surface area contributed by atoms with Gasteiger partial charge < -0.3 is 5.32 Å². The minimum absolute atomic E-state index is 0.488. The summed E-state index contributed by atoms with van der Waals surface area (Å²) in [7, 11) is 0. The lowest BCUT2D eigenvalue weighted by Crippen LogP contribution is -2.18. The summed E-state index contributed by atoms with van der Waals surface area (Å²) in [6, 6.07) is 0. The molecule has 3 heteroatoms. The highest BCUT2D eigenvalue weighted by molar-refractivity contribution is 7.11. The second kappa shape index (κ2) is 4.36. The fourth-order valence-corrected chi connectivity index (χ4v) is 3.61. The van der Waals surface area contributed by atoms with Crippen LogP contribution in [0.5, 0.6) is 0 Å². The van der Waals surface area contributed by atoms with E-state index < -0.39 is 0 Å². The highest BCUT2D eigenvalue weighted by Gasteiger charge is 2.63. The molecule has 1 aliphatic rings. The molecule has 1 fully saturated rings. The van der Waals surface area contributed by atoms with Crippen molar-refractivity contribution in [1.82, 2.24) is 10.3 Å². The highest BCUT2D eigenvalue weighted by Crippen LogP contribution is 2.67. The Morgan fingerprint density at radius 3 is 2.41 bits per heavy atom. The first-order valence-electron chi connectivity index (χ1n) is 6.54. The maximum atomic E-state index is 4.38. The van der Waals surface area contributed by atoms with Gasteiger partial charge in [-0.25, -0.2) is 4.98 Å². The van der Waals surface area contributed by atoms with E-state index >= 15 is 0 Å². The molecule has 0 aliphatic heterocycles. The van der Waals surface area contributed by atoms with Crippen LogP contribution in [-0.2, 0) is 13.0 Å². The number of hydrogen-bond donors (Lipinski definition) is 1. The standard InChI is InChI=1S/C14H24N2S/c1-6-12-16-8-10(17-12)7-15-9-11-13(2,3)14(11,4)5/h8,11,15H,6-7,9H2,1-5H3. The van der Waals surface area contributed by atoms with Gasteiger partial charge >= 0.3 is 0 Å². The summed E-state index contributed by atoms with van der Waals surface area (Å²) in [5.41, 5.74) is 0.977. The molecule has 1 heterocycles. The molecule has 1 saturated carbocycles. The Kier molecular flexibility index (Phi) is 3.34. The van der Waals surface area contributed by atoms with Crippen LogP contribution in [-0.4, -0.2) is 11.5 Å². The minimum atomic E-state index is 0.488. The van der Waals surface area contributed by atoms with Crippen LogP contribution in [0.1, 0.15) is 44.5 Å². The van der Waals surface area contributed by atoms with E-state index in [2.05, 4.69) is 44.9 Å². The zero-order valence-corrected chi connectivity index (χ0v) is 12.4. The van der Waals surface area contributed by atoms with Gasteiger partial charge in [-0.2, -0.15) is 0 Å². The Morgan fingerprint density at radius 2 is 1.94 bits per heavy atom. The van der Waals surface area contributed by atoms with Crippen molar-refractivity contribution >= 4 is 11.3 Å². The Labute approximate surface area is 109 Å². The van der Waals surface area contributed by atoms with Crippen molar-refractivity contribution in [3.8, 4) is 0 Å². The lowest BCUT2D eigenvalue weighted by Gasteiger charge is -2.04. The highest BCUT2D eigenvalue weighted by atomic mass is 32.1. The normalized spacial score (nSPS) is 21.7. The smallest absolute Gasteiger partial charge is 0.0925 e. The molecule has 96 valence electrons. The van der Waals surface area contributed by atoms with Crippen molar-refractivity contribution in [2.45, 2.75) is 47.6 Å². The van der Waals surface area contributed by atoms with Crippen molar-refractivity contribution in [2.24, 2.45) is 16.7 Å². The molecule has 1 aromatic rings. The molecule has 0 radical (unpaired) electrons. The fourth-order valence-electron chi connectivity index (χ4n) is 2.78. The summed E-state index contributed by atoms with van der Waals surface area (Å²) in [5.74, 6) is 0.800. The number of thiazole rings is 1. The molecule has 0 bridgehead atoms. The molecule has 0 aromatic carbocycles. The van der Waals surface area contributed by atoms with E-state index in [0.717, 1.165) is 25.4 Å². The second-order valence-electron chi connectivity index (χ2n) is 6.20. The quantitative estimate of drug-likeness (QED) is 0.868. The van der Waals surface area contributed by atoms with Crippen molar-refractivity contribution in [1.29, 1.82) is 0 Å². The summed E-state index contributed by atoms with van der Waals surface area (Å²) in [4.78, 5) is 5.74. The maximum absolute atomic E-state index is 4.38. The molecule has 1 aliphatic carbocycles. The van der Waals surface area contributed by atoms with Crippen LogP contribution in [0.2, 0.25) is 0 Å². The number of rotatable bonds is 5. The van der Waals surface area contributed by atoms with E-state index in [4.69, 9.17) is 0 Å². The summed E-state index contributed by atoms with van der Waals surface area (Å²) in [6.07, 6.45) is 3.06. The first-order valence-corrected chi connectivity index (χ1v) is 7.35. The third kappa shape index (κ3) is 2.27. The number of nitrogens with zero attached hydrogens (tertiary/aromatic N) is 1. The molecule has 1 N–H and O–H groups in total. The topological polar surface area (TPSA) is 24.9 Å². The molecular formula is C14H24N2S. The van der Waals surface area contributed by atoms with Gasteiger partial charge in [-0.05, 0) is 29.7 Å². The zero-order chi connectivity index (χ0) is 12.7. The Bertz CT molecular complexity index is 379. The van der Waals surface area contributed by atoms with Gasteiger partial charge in [0, 0.05) is 17.6 Å². The van der Waals surface area contributed by atoms with Crippen LogP contribution in [0.4, 0.5) is 0 Å². The van der Waals surface area contributed by atoms with E-state index in [-0.39, 0.29) is 0 Å². The minimum Gasteiger partial charge on any atom is -0.311 e. The zero-order valence-electron chi connectivity index (χ0n) is 11.6. The van der Waals surface area contributed by atoms with Crippen molar-refractivity contribution in [3.63, 3.8) is 0 Å². The third-order valence-corrected chi connectivity index (χ3v) is 6.01. The van der Waals surface area contributed by atoms with Gasteiger partial charge in [-0.3, -0.25) is 0 Å². The SMILES string of the molecule is CCc1ncc(CNCC2C(C)(C)C2(C)C)s1. The van der Waals surface area contributed by atoms with Gasteiger partial charge in [0.1, 0.15) is 0 Å². The molecule has 0 saturated heterocycles. The van der Waals surface area contributed by atoms with Crippen LogP contribution in [0.3, 0.4) is 0 Å². The lowest BCUT2D eigenvalue weighted by atomic mass is 10.0. The molecule has 0 atom stereocenters. The van der Waals surface area contributed by atoms with Gasteiger partial charge in [-0.1, -0.05) is 34.6 Å². The third-order valence-electron chi connectivity index (χ3n) is 4.87. The molecule has 0 amide bonds. The van der Waals surface area contributed by atoms with Crippen molar-refractivity contribution in [3.05, 3.63) is 16.1 Å². The summed E-state index contributed by atoms with van der Waals surface area (Å²) < 4.78 is 0. The average molecular weight is 252 g/mol. The second-order valence-corrected chi connectivity index (χ2v) is 7.40. The number of nitrogens with one attached hydrogen (secondary N) is 1. The average Bonchev–Trinajstić information content (AvgIpc) is 2.64. The van der Waals surface area contributed by atoms with Gasteiger partial charge in [0.25, 0.3) is 0 Å².